The number of nitriles is 1. The molecule has 0 saturated carbocycles. The highest BCUT2D eigenvalue weighted by Crippen LogP contribution is 2.23. The van der Waals surface area contributed by atoms with Crippen LogP contribution in [-0.4, -0.2) is 0 Å². The second-order valence-corrected chi connectivity index (χ2v) is 4.69. The Morgan fingerprint density at radius 1 is 0.850 bits per heavy atom. The lowest BCUT2D eigenvalue weighted by Crippen LogP contribution is -1.99. The number of anilines is 1. The molecule has 0 heterocycles. The van der Waals surface area contributed by atoms with E-state index in [1.807, 2.05) is 30.3 Å². The fourth-order valence-corrected chi connectivity index (χ4v) is 2.27. The third kappa shape index (κ3) is 2.48. The van der Waals surface area contributed by atoms with E-state index in [1.54, 1.807) is 0 Å². The van der Waals surface area contributed by atoms with Gasteiger partial charge in [0, 0.05) is 17.6 Å². The summed E-state index contributed by atoms with van der Waals surface area (Å²) >= 11 is 0. The molecule has 0 fully saturated rings. The van der Waals surface area contributed by atoms with Crippen LogP contribution in [0.5, 0.6) is 0 Å². The number of hydrogen-bond acceptors (Lipinski definition) is 2. The minimum Gasteiger partial charge on any atom is -0.380 e. The second-order valence-electron chi connectivity index (χ2n) is 4.69. The lowest BCUT2D eigenvalue weighted by Gasteiger charge is -2.10. The van der Waals surface area contributed by atoms with E-state index in [1.165, 1.54) is 10.8 Å². The Hall–Kier alpha value is -2.79. The van der Waals surface area contributed by atoms with Crippen molar-refractivity contribution in [2.75, 3.05) is 5.32 Å². The normalized spacial score (nSPS) is 10.2. The van der Waals surface area contributed by atoms with E-state index in [9.17, 15) is 0 Å². The average molecular weight is 258 g/mol. The van der Waals surface area contributed by atoms with Crippen molar-refractivity contribution in [3.8, 4) is 6.07 Å². The van der Waals surface area contributed by atoms with E-state index >= 15 is 0 Å². The molecular formula is C18H14N2. The lowest BCUT2D eigenvalue weighted by atomic mass is 10.1. The van der Waals surface area contributed by atoms with Gasteiger partial charge in [0.1, 0.15) is 0 Å². The van der Waals surface area contributed by atoms with Gasteiger partial charge in [0.15, 0.2) is 0 Å². The molecule has 0 aliphatic rings. The average Bonchev–Trinajstić information content (AvgIpc) is 2.53. The van der Waals surface area contributed by atoms with Gasteiger partial charge in [0.25, 0.3) is 0 Å². The summed E-state index contributed by atoms with van der Waals surface area (Å²) in [6.07, 6.45) is 0. The van der Waals surface area contributed by atoms with E-state index < -0.39 is 0 Å². The fourth-order valence-electron chi connectivity index (χ4n) is 2.27. The molecule has 0 saturated heterocycles. The van der Waals surface area contributed by atoms with Gasteiger partial charge in [-0.1, -0.05) is 48.5 Å². The summed E-state index contributed by atoms with van der Waals surface area (Å²) in [5.74, 6) is 0. The van der Waals surface area contributed by atoms with Crippen LogP contribution in [0, 0.1) is 11.3 Å². The summed E-state index contributed by atoms with van der Waals surface area (Å²) in [6, 6.07) is 24.4. The summed E-state index contributed by atoms with van der Waals surface area (Å²) < 4.78 is 0. The van der Waals surface area contributed by atoms with Crippen LogP contribution < -0.4 is 5.32 Å². The fraction of sp³-hybridized carbons (Fsp3) is 0.0556. The van der Waals surface area contributed by atoms with Crippen molar-refractivity contribution in [1.29, 1.82) is 5.26 Å². The molecule has 3 aromatic rings. The van der Waals surface area contributed by atoms with Crippen molar-refractivity contribution >= 4 is 16.5 Å². The lowest BCUT2D eigenvalue weighted by molar-refractivity contribution is 1.15. The second kappa shape index (κ2) is 5.46. The Bertz CT molecular complexity index is 762. The molecule has 2 heteroatoms. The number of benzene rings is 3. The first-order chi connectivity index (χ1) is 9.86. The monoisotopic (exact) mass is 258 g/mol. The third-order valence-electron chi connectivity index (χ3n) is 3.36. The summed E-state index contributed by atoms with van der Waals surface area (Å²) in [5.41, 5.74) is 2.99. The summed E-state index contributed by atoms with van der Waals surface area (Å²) in [6.45, 7) is 0.750. The van der Waals surface area contributed by atoms with Crippen LogP contribution >= 0.6 is 0 Å². The molecule has 0 amide bonds. The molecule has 96 valence electrons. The van der Waals surface area contributed by atoms with Gasteiger partial charge >= 0.3 is 0 Å². The van der Waals surface area contributed by atoms with Crippen molar-refractivity contribution in [2.45, 2.75) is 6.54 Å². The van der Waals surface area contributed by atoms with Crippen LogP contribution in [-0.2, 0) is 6.54 Å². The minimum absolute atomic E-state index is 0.693. The molecule has 2 nitrogen and oxygen atoms in total. The maximum Gasteiger partial charge on any atom is 0.0991 e. The van der Waals surface area contributed by atoms with Crippen LogP contribution in [0.1, 0.15) is 11.1 Å². The van der Waals surface area contributed by atoms with E-state index in [-0.39, 0.29) is 0 Å². The molecule has 1 N–H and O–H groups in total. The zero-order valence-electron chi connectivity index (χ0n) is 11.0. The number of hydrogen-bond donors (Lipinski definition) is 1. The highest BCUT2D eigenvalue weighted by Gasteiger charge is 2.00. The quantitative estimate of drug-likeness (QED) is 0.759. The van der Waals surface area contributed by atoms with E-state index in [4.69, 9.17) is 5.26 Å². The van der Waals surface area contributed by atoms with Crippen LogP contribution in [0.15, 0.2) is 66.7 Å². The maximum absolute atomic E-state index is 8.79. The Morgan fingerprint density at radius 2 is 1.60 bits per heavy atom. The molecule has 0 unspecified atom stereocenters. The Kier molecular flexibility index (Phi) is 3.34. The standard InChI is InChI=1S/C18H14N2/c19-12-14-8-10-15(11-9-14)13-20-18-7-3-5-16-4-1-2-6-17(16)18/h1-11,20H,13H2. The summed E-state index contributed by atoms with van der Waals surface area (Å²) in [5, 5.41) is 14.7. The van der Waals surface area contributed by atoms with Crippen molar-refractivity contribution in [2.24, 2.45) is 0 Å². The largest absolute Gasteiger partial charge is 0.380 e. The molecule has 20 heavy (non-hydrogen) atoms. The molecule has 0 bridgehead atoms. The predicted molar refractivity (Wildman–Crippen MR) is 82.4 cm³/mol. The van der Waals surface area contributed by atoms with Gasteiger partial charge in [-0.15, -0.1) is 0 Å². The number of rotatable bonds is 3. The molecule has 0 aliphatic heterocycles. The first-order valence-electron chi connectivity index (χ1n) is 6.57. The van der Waals surface area contributed by atoms with Crippen LogP contribution in [0.25, 0.3) is 10.8 Å². The molecule has 3 rings (SSSR count). The van der Waals surface area contributed by atoms with Gasteiger partial charge < -0.3 is 5.32 Å². The predicted octanol–water partition coefficient (Wildman–Crippen LogP) is 4.32. The zero-order valence-corrected chi connectivity index (χ0v) is 11.0. The Balaban J connectivity index is 1.81. The SMILES string of the molecule is N#Cc1ccc(CNc2cccc3ccccc23)cc1. The van der Waals surface area contributed by atoms with E-state index in [0.29, 0.717) is 5.56 Å². The molecule has 0 aromatic heterocycles. The smallest absolute Gasteiger partial charge is 0.0991 e. The van der Waals surface area contributed by atoms with E-state index in [2.05, 4.69) is 47.8 Å². The number of fused-ring (bicyclic) bond motifs is 1. The summed E-state index contributed by atoms with van der Waals surface area (Å²) in [4.78, 5) is 0. The molecule has 0 spiro atoms. The van der Waals surface area contributed by atoms with Gasteiger partial charge in [0.05, 0.1) is 11.6 Å². The molecule has 0 aliphatic carbocycles. The van der Waals surface area contributed by atoms with Gasteiger partial charge in [0.2, 0.25) is 0 Å². The number of nitrogens with zero attached hydrogens (tertiary/aromatic N) is 1. The minimum atomic E-state index is 0.693. The third-order valence-corrected chi connectivity index (χ3v) is 3.36. The van der Waals surface area contributed by atoms with Gasteiger partial charge in [-0.2, -0.15) is 5.26 Å². The summed E-state index contributed by atoms with van der Waals surface area (Å²) in [7, 11) is 0. The number of nitrogens with one attached hydrogen (secondary N) is 1. The van der Waals surface area contributed by atoms with Crippen molar-refractivity contribution in [3.63, 3.8) is 0 Å². The highest BCUT2D eigenvalue weighted by atomic mass is 14.9. The molecule has 3 aromatic carbocycles. The van der Waals surface area contributed by atoms with Crippen molar-refractivity contribution in [1.82, 2.24) is 0 Å². The first kappa shape index (κ1) is 12.3. The molecule has 0 atom stereocenters. The van der Waals surface area contributed by atoms with Gasteiger partial charge in [-0.3, -0.25) is 0 Å². The highest BCUT2D eigenvalue weighted by molar-refractivity contribution is 5.93. The molecular weight excluding hydrogens is 244 g/mol. The van der Waals surface area contributed by atoms with Crippen molar-refractivity contribution in [3.05, 3.63) is 77.9 Å². The van der Waals surface area contributed by atoms with Crippen LogP contribution in [0.3, 0.4) is 0 Å². The van der Waals surface area contributed by atoms with Crippen LogP contribution in [0.2, 0.25) is 0 Å². The van der Waals surface area contributed by atoms with Gasteiger partial charge in [-0.05, 0) is 29.1 Å². The van der Waals surface area contributed by atoms with Gasteiger partial charge in [-0.25, -0.2) is 0 Å². The topological polar surface area (TPSA) is 35.8 Å². The maximum atomic E-state index is 8.79. The Labute approximate surface area is 118 Å². The van der Waals surface area contributed by atoms with Crippen LogP contribution in [0.4, 0.5) is 5.69 Å². The van der Waals surface area contributed by atoms with E-state index in [0.717, 1.165) is 17.8 Å². The first-order valence-corrected chi connectivity index (χ1v) is 6.57. The molecule has 0 radical (unpaired) electrons. The zero-order chi connectivity index (χ0) is 13.8. The van der Waals surface area contributed by atoms with Crippen molar-refractivity contribution < 1.29 is 0 Å². The Morgan fingerprint density at radius 3 is 2.40 bits per heavy atom.